The van der Waals surface area contributed by atoms with Gasteiger partial charge in [0.05, 0.1) is 17.4 Å². The van der Waals surface area contributed by atoms with Gasteiger partial charge in [0.2, 0.25) is 15.9 Å². The Labute approximate surface area is 125 Å². The predicted molar refractivity (Wildman–Crippen MR) is 78.3 cm³/mol. The normalized spacial score (nSPS) is 17.2. The number of aromatic nitrogens is 2. The first-order chi connectivity index (χ1) is 9.74. The van der Waals surface area contributed by atoms with Crippen molar-refractivity contribution in [2.45, 2.75) is 44.6 Å². The Morgan fingerprint density at radius 2 is 1.86 bits per heavy atom. The van der Waals surface area contributed by atoms with Crippen molar-refractivity contribution in [1.82, 2.24) is 19.4 Å². The molecule has 1 N–H and O–H groups in total. The van der Waals surface area contributed by atoms with Crippen LogP contribution in [0.1, 0.15) is 31.2 Å². The van der Waals surface area contributed by atoms with E-state index in [1.54, 1.807) is 32.7 Å². The minimum absolute atomic E-state index is 0.158. The third kappa shape index (κ3) is 3.11. The second-order valence-corrected chi connectivity index (χ2v) is 7.15. The van der Waals surface area contributed by atoms with E-state index in [0.29, 0.717) is 24.5 Å². The third-order valence-electron chi connectivity index (χ3n) is 3.83. The van der Waals surface area contributed by atoms with E-state index in [2.05, 4.69) is 9.82 Å². The summed E-state index contributed by atoms with van der Waals surface area (Å²) in [4.78, 5) is 14.1. The summed E-state index contributed by atoms with van der Waals surface area (Å²) >= 11 is 0. The summed E-state index contributed by atoms with van der Waals surface area (Å²) < 4.78 is 29.0. The standard InChI is InChI=1S/C13H22N4O3S/c1-9-12(11(3)16(4)14-9)21(19,20)15-10(2)13(18)17-7-5-6-8-17/h10,15H,5-8H2,1-4H3. The highest BCUT2D eigenvalue weighted by Crippen LogP contribution is 2.19. The average molecular weight is 314 g/mol. The molecule has 0 bridgehead atoms. The second-order valence-electron chi connectivity index (χ2n) is 5.50. The Bertz CT molecular complexity index is 645. The van der Waals surface area contributed by atoms with Crippen LogP contribution in [-0.4, -0.2) is 48.1 Å². The number of carbonyl (C=O) groups is 1. The Balaban J connectivity index is 2.19. The lowest BCUT2D eigenvalue weighted by Gasteiger charge is -2.21. The molecule has 1 aromatic heterocycles. The Morgan fingerprint density at radius 1 is 1.29 bits per heavy atom. The Morgan fingerprint density at radius 3 is 2.33 bits per heavy atom. The highest BCUT2D eigenvalue weighted by molar-refractivity contribution is 7.89. The lowest BCUT2D eigenvalue weighted by atomic mass is 10.3. The van der Waals surface area contributed by atoms with E-state index in [1.165, 1.54) is 4.68 Å². The van der Waals surface area contributed by atoms with Gasteiger partial charge in [-0.15, -0.1) is 0 Å². The highest BCUT2D eigenvalue weighted by atomic mass is 32.2. The van der Waals surface area contributed by atoms with Gasteiger partial charge in [0.1, 0.15) is 4.90 Å². The van der Waals surface area contributed by atoms with Crippen LogP contribution in [0, 0.1) is 13.8 Å². The number of rotatable bonds is 4. The first kappa shape index (κ1) is 16.0. The van der Waals surface area contributed by atoms with Crippen LogP contribution < -0.4 is 4.72 Å². The van der Waals surface area contributed by atoms with E-state index < -0.39 is 16.1 Å². The Hall–Kier alpha value is -1.41. The zero-order chi connectivity index (χ0) is 15.8. The van der Waals surface area contributed by atoms with Crippen LogP contribution in [0.5, 0.6) is 0 Å². The fourth-order valence-corrected chi connectivity index (χ4v) is 4.33. The molecule has 1 saturated heterocycles. The quantitative estimate of drug-likeness (QED) is 0.868. The zero-order valence-electron chi connectivity index (χ0n) is 12.9. The molecular weight excluding hydrogens is 292 g/mol. The molecule has 2 rings (SSSR count). The molecule has 1 aliphatic rings. The van der Waals surface area contributed by atoms with Gasteiger partial charge in [0.15, 0.2) is 0 Å². The summed E-state index contributed by atoms with van der Waals surface area (Å²) in [5.74, 6) is -0.171. The number of nitrogens with one attached hydrogen (secondary N) is 1. The van der Waals surface area contributed by atoms with Crippen LogP contribution >= 0.6 is 0 Å². The average Bonchev–Trinajstić information content (AvgIpc) is 2.97. The van der Waals surface area contributed by atoms with Gasteiger partial charge < -0.3 is 4.90 Å². The summed E-state index contributed by atoms with van der Waals surface area (Å²) in [5, 5.41) is 4.11. The zero-order valence-corrected chi connectivity index (χ0v) is 13.7. The fraction of sp³-hybridized carbons (Fsp3) is 0.692. The molecule has 0 spiro atoms. The molecule has 21 heavy (non-hydrogen) atoms. The largest absolute Gasteiger partial charge is 0.341 e. The number of amides is 1. The minimum atomic E-state index is -3.76. The molecule has 0 radical (unpaired) electrons. The first-order valence-electron chi connectivity index (χ1n) is 7.05. The van der Waals surface area contributed by atoms with E-state index in [1.807, 2.05) is 0 Å². The van der Waals surface area contributed by atoms with Crippen molar-refractivity contribution >= 4 is 15.9 Å². The van der Waals surface area contributed by atoms with Gasteiger partial charge in [-0.3, -0.25) is 9.48 Å². The Kier molecular flexibility index (Phi) is 4.38. The molecule has 118 valence electrons. The van der Waals surface area contributed by atoms with Crippen molar-refractivity contribution in [2.75, 3.05) is 13.1 Å². The molecule has 1 aliphatic heterocycles. The van der Waals surface area contributed by atoms with Gasteiger partial charge in [-0.05, 0) is 33.6 Å². The van der Waals surface area contributed by atoms with Crippen molar-refractivity contribution in [1.29, 1.82) is 0 Å². The molecule has 1 unspecified atom stereocenters. The fourth-order valence-electron chi connectivity index (χ4n) is 2.70. The lowest BCUT2D eigenvalue weighted by molar-refractivity contribution is -0.131. The van der Waals surface area contributed by atoms with Crippen molar-refractivity contribution in [2.24, 2.45) is 7.05 Å². The maximum absolute atomic E-state index is 12.5. The topological polar surface area (TPSA) is 84.3 Å². The predicted octanol–water partition coefficient (Wildman–Crippen LogP) is 0.326. The number of nitrogens with zero attached hydrogens (tertiary/aromatic N) is 3. The molecule has 8 heteroatoms. The van der Waals surface area contributed by atoms with E-state index in [4.69, 9.17) is 0 Å². The minimum Gasteiger partial charge on any atom is -0.341 e. The van der Waals surface area contributed by atoms with Crippen molar-refractivity contribution < 1.29 is 13.2 Å². The molecule has 0 saturated carbocycles. The van der Waals surface area contributed by atoms with Gasteiger partial charge in [-0.2, -0.15) is 9.82 Å². The van der Waals surface area contributed by atoms with Gasteiger partial charge in [0.25, 0.3) is 0 Å². The molecule has 1 amide bonds. The van der Waals surface area contributed by atoms with Crippen LogP contribution in [0.2, 0.25) is 0 Å². The second kappa shape index (κ2) is 5.76. The number of aryl methyl sites for hydroxylation is 2. The first-order valence-corrected chi connectivity index (χ1v) is 8.53. The SMILES string of the molecule is Cc1nn(C)c(C)c1S(=O)(=O)NC(C)C(=O)N1CCCC1. The van der Waals surface area contributed by atoms with Gasteiger partial charge in [-0.25, -0.2) is 8.42 Å². The van der Waals surface area contributed by atoms with Crippen LogP contribution in [0.25, 0.3) is 0 Å². The summed E-state index contributed by atoms with van der Waals surface area (Å²) in [7, 11) is -2.06. The van der Waals surface area contributed by atoms with Crippen molar-refractivity contribution in [3.05, 3.63) is 11.4 Å². The smallest absolute Gasteiger partial charge is 0.244 e. The van der Waals surface area contributed by atoms with E-state index in [0.717, 1.165) is 12.8 Å². The van der Waals surface area contributed by atoms with Crippen LogP contribution in [0.15, 0.2) is 4.90 Å². The highest BCUT2D eigenvalue weighted by Gasteiger charge is 2.30. The number of hydrogen-bond acceptors (Lipinski definition) is 4. The molecule has 0 aromatic carbocycles. The number of likely N-dealkylation sites (tertiary alicyclic amines) is 1. The molecule has 2 heterocycles. The molecule has 1 aromatic rings. The molecule has 7 nitrogen and oxygen atoms in total. The summed E-state index contributed by atoms with van der Waals surface area (Å²) in [6, 6.07) is -0.771. The number of sulfonamides is 1. The van der Waals surface area contributed by atoms with Gasteiger partial charge in [0, 0.05) is 20.1 Å². The molecular formula is C13H22N4O3S. The maximum Gasteiger partial charge on any atom is 0.244 e. The molecule has 1 atom stereocenters. The number of carbonyl (C=O) groups excluding carboxylic acids is 1. The van der Waals surface area contributed by atoms with Crippen molar-refractivity contribution in [3.8, 4) is 0 Å². The summed E-state index contributed by atoms with van der Waals surface area (Å²) in [5.41, 5.74) is 0.990. The number of hydrogen-bond donors (Lipinski definition) is 1. The molecule has 0 aliphatic carbocycles. The van der Waals surface area contributed by atoms with Crippen LogP contribution in [0.4, 0.5) is 0 Å². The maximum atomic E-state index is 12.5. The third-order valence-corrected chi connectivity index (χ3v) is 5.62. The van der Waals surface area contributed by atoms with E-state index in [-0.39, 0.29) is 10.8 Å². The van der Waals surface area contributed by atoms with E-state index >= 15 is 0 Å². The summed E-state index contributed by atoms with van der Waals surface area (Å²) in [6.45, 7) is 6.33. The van der Waals surface area contributed by atoms with Gasteiger partial charge >= 0.3 is 0 Å². The van der Waals surface area contributed by atoms with Crippen molar-refractivity contribution in [3.63, 3.8) is 0 Å². The molecule has 1 fully saturated rings. The summed E-state index contributed by atoms with van der Waals surface area (Å²) in [6.07, 6.45) is 1.96. The van der Waals surface area contributed by atoms with Gasteiger partial charge in [-0.1, -0.05) is 0 Å². The van der Waals surface area contributed by atoms with Crippen LogP contribution in [0.3, 0.4) is 0 Å². The lowest BCUT2D eigenvalue weighted by Crippen LogP contribution is -2.46. The monoisotopic (exact) mass is 314 g/mol. The van der Waals surface area contributed by atoms with Crippen LogP contribution in [-0.2, 0) is 21.9 Å². The van der Waals surface area contributed by atoms with E-state index in [9.17, 15) is 13.2 Å².